The van der Waals surface area contributed by atoms with Crippen LogP contribution in [-0.2, 0) is 14.9 Å². The van der Waals surface area contributed by atoms with E-state index in [0.717, 1.165) is 19.1 Å². The van der Waals surface area contributed by atoms with Gasteiger partial charge in [-0.3, -0.25) is 0 Å². The van der Waals surface area contributed by atoms with E-state index in [1.165, 1.54) is 18.2 Å². The second-order valence-electron chi connectivity index (χ2n) is 3.97. The molecule has 1 atom stereocenters. The van der Waals surface area contributed by atoms with Crippen LogP contribution < -0.4 is 4.18 Å². The molecule has 0 spiro atoms. The van der Waals surface area contributed by atoms with Crippen molar-refractivity contribution in [3.8, 4) is 5.75 Å². The summed E-state index contributed by atoms with van der Waals surface area (Å²) in [7, 11) is -3.62. The summed E-state index contributed by atoms with van der Waals surface area (Å²) in [6.45, 7) is 0.597. The predicted molar refractivity (Wildman–Crippen MR) is 65.6 cm³/mol. The van der Waals surface area contributed by atoms with Gasteiger partial charge in [0.15, 0.2) is 0 Å². The predicted octanol–water partition coefficient (Wildman–Crippen LogP) is 1.63. The first-order valence-corrected chi connectivity index (χ1v) is 7.08. The van der Waals surface area contributed by atoms with Gasteiger partial charge in [0, 0.05) is 41.7 Å². The summed E-state index contributed by atoms with van der Waals surface area (Å²) in [6, 6.07) is 3.74. The zero-order valence-electron chi connectivity index (χ0n) is 10.3. The summed E-state index contributed by atoms with van der Waals surface area (Å²) >= 11 is 0. The molecule has 1 unspecified atom stereocenters. The summed E-state index contributed by atoms with van der Waals surface area (Å²) in [5, 5.41) is 0. The molecule has 4 nitrogen and oxygen atoms in total. The van der Waals surface area contributed by atoms with Crippen LogP contribution >= 0.6 is 0 Å². The SMILES string of the molecule is CS(=O)(=O)Oc1ccc(F)cc1C1CCCO1.[Na]. The molecule has 0 amide bonds. The van der Waals surface area contributed by atoms with Crippen molar-refractivity contribution >= 4 is 39.7 Å². The fraction of sp³-hybridized carbons (Fsp3) is 0.455. The topological polar surface area (TPSA) is 52.6 Å². The van der Waals surface area contributed by atoms with Crippen LogP contribution in [0.2, 0.25) is 0 Å². The van der Waals surface area contributed by atoms with Crippen molar-refractivity contribution in [1.82, 2.24) is 0 Å². The molecule has 0 aliphatic carbocycles. The fourth-order valence-electron chi connectivity index (χ4n) is 1.83. The van der Waals surface area contributed by atoms with Crippen molar-refractivity contribution in [2.45, 2.75) is 18.9 Å². The normalized spacial score (nSPS) is 19.3. The van der Waals surface area contributed by atoms with E-state index in [-0.39, 0.29) is 41.4 Å². The van der Waals surface area contributed by atoms with Gasteiger partial charge < -0.3 is 8.92 Å². The fourth-order valence-corrected chi connectivity index (χ4v) is 2.31. The number of benzene rings is 1. The van der Waals surface area contributed by atoms with Gasteiger partial charge in [-0.05, 0) is 31.0 Å². The molecule has 18 heavy (non-hydrogen) atoms. The van der Waals surface area contributed by atoms with Gasteiger partial charge in [0.05, 0.1) is 12.4 Å². The molecule has 1 radical (unpaired) electrons. The average Bonchev–Trinajstić information content (AvgIpc) is 2.71. The molecule has 1 saturated heterocycles. The molecule has 1 aromatic rings. The first kappa shape index (κ1) is 15.9. The van der Waals surface area contributed by atoms with Gasteiger partial charge in [-0.15, -0.1) is 0 Å². The van der Waals surface area contributed by atoms with E-state index >= 15 is 0 Å². The third-order valence-electron chi connectivity index (χ3n) is 2.49. The number of halogens is 1. The van der Waals surface area contributed by atoms with Crippen molar-refractivity contribution in [1.29, 1.82) is 0 Å². The zero-order chi connectivity index (χ0) is 12.5. The number of hydrogen-bond acceptors (Lipinski definition) is 4. The van der Waals surface area contributed by atoms with E-state index in [1.54, 1.807) is 0 Å². The van der Waals surface area contributed by atoms with Gasteiger partial charge in [0.2, 0.25) is 0 Å². The second-order valence-corrected chi connectivity index (χ2v) is 5.55. The maximum atomic E-state index is 13.2. The minimum absolute atomic E-state index is 0. The molecule has 1 aliphatic heterocycles. The van der Waals surface area contributed by atoms with Crippen LogP contribution in [0.15, 0.2) is 18.2 Å². The minimum atomic E-state index is -3.62. The van der Waals surface area contributed by atoms with E-state index in [0.29, 0.717) is 12.2 Å². The van der Waals surface area contributed by atoms with Crippen molar-refractivity contribution in [3.05, 3.63) is 29.6 Å². The molecule has 1 heterocycles. The first-order valence-electron chi connectivity index (χ1n) is 5.26. The van der Waals surface area contributed by atoms with Crippen LogP contribution in [-0.4, -0.2) is 50.8 Å². The van der Waals surface area contributed by atoms with Crippen LogP contribution in [0.25, 0.3) is 0 Å². The summed E-state index contributed by atoms with van der Waals surface area (Å²) in [5.41, 5.74) is 0.452. The third kappa shape index (κ3) is 4.20. The molecule has 1 aliphatic rings. The van der Waals surface area contributed by atoms with Gasteiger partial charge in [-0.25, -0.2) is 4.39 Å². The van der Waals surface area contributed by atoms with Gasteiger partial charge >= 0.3 is 10.1 Å². The van der Waals surface area contributed by atoms with Crippen LogP contribution in [0.1, 0.15) is 24.5 Å². The smallest absolute Gasteiger partial charge is 0.306 e. The largest absolute Gasteiger partial charge is 0.382 e. The third-order valence-corrected chi connectivity index (χ3v) is 2.97. The van der Waals surface area contributed by atoms with Crippen molar-refractivity contribution in [2.75, 3.05) is 12.9 Å². The molecule has 1 fully saturated rings. The quantitative estimate of drug-likeness (QED) is 0.625. The van der Waals surface area contributed by atoms with Crippen molar-refractivity contribution < 1.29 is 21.7 Å². The monoisotopic (exact) mass is 283 g/mol. The molecule has 2 rings (SSSR count). The number of rotatable bonds is 3. The molecule has 7 heteroatoms. The summed E-state index contributed by atoms with van der Waals surface area (Å²) in [6.07, 6.45) is 2.28. The molecular formula is C11H13FNaO4S. The molecule has 0 aromatic heterocycles. The van der Waals surface area contributed by atoms with Crippen LogP contribution in [0, 0.1) is 5.82 Å². The summed E-state index contributed by atoms with van der Waals surface area (Å²) in [5.74, 6) is -0.294. The van der Waals surface area contributed by atoms with E-state index < -0.39 is 15.9 Å². The first-order chi connectivity index (χ1) is 7.96. The summed E-state index contributed by atoms with van der Waals surface area (Å²) in [4.78, 5) is 0. The van der Waals surface area contributed by atoms with E-state index in [4.69, 9.17) is 8.92 Å². The zero-order valence-corrected chi connectivity index (χ0v) is 13.2. The van der Waals surface area contributed by atoms with Crippen molar-refractivity contribution in [2.24, 2.45) is 0 Å². The standard InChI is InChI=1S/C11H13FO4S.Na/c1-17(13,14)16-11-5-4-8(12)7-9(11)10-3-2-6-15-10;/h4-5,7,10H,2-3,6H2,1H3;. The van der Waals surface area contributed by atoms with Crippen molar-refractivity contribution in [3.63, 3.8) is 0 Å². The van der Waals surface area contributed by atoms with E-state index in [1.807, 2.05) is 0 Å². The molecule has 95 valence electrons. The molecule has 1 aromatic carbocycles. The maximum Gasteiger partial charge on any atom is 0.306 e. The Labute approximate surface area is 128 Å². The Morgan fingerprint density at radius 2 is 2.17 bits per heavy atom. The van der Waals surface area contributed by atoms with Crippen LogP contribution in [0.3, 0.4) is 0 Å². The maximum absolute atomic E-state index is 13.2. The Bertz CT molecular complexity index is 512. The van der Waals surface area contributed by atoms with E-state index in [9.17, 15) is 12.8 Å². The minimum Gasteiger partial charge on any atom is -0.382 e. The number of hydrogen-bond donors (Lipinski definition) is 0. The van der Waals surface area contributed by atoms with Gasteiger partial charge in [0.1, 0.15) is 11.6 Å². The van der Waals surface area contributed by atoms with Gasteiger partial charge in [-0.1, -0.05) is 0 Å². The number of ether oxygens (including phenoxy) is 1. The Kier molecular flexibility index (Phi) is 5.61. The Hall–Kier alpha value is -0.140. The van der Waals surface area contributed by atoms with Gasteiger partial charge in [0.25, 0.3) is 0 Å². The molecule has 0 saturated carbocycles. The van der Waals surface area contributed by atoms with Crippen LogP contribution in [0.4, 0.5) is 4.39 Å². The molecular weight excluding hydrogens is 270 g/mol. The van der Waals surface area contributed by atoms with E-state index in [2.05, 4.69) is 0 Å². The Balaban J connectivity index is 0.00000162. The average molecular weight is 283 g/mol. The second kappa shape index (κ2) is 6.34. The van der Waals surface area contributed by atoms with Crippen LogP contribution in [0.5, 0.6) is 5.75 Å². The summed E-state index contributed by atoms with van der Waals surface area (Å²) < 4.78 is 45.6. The molecule has 0 bridgehead atoms. The Morgan fingerprint density at radius 3 is 2.72 bits per heavy atom. The van der Waals surface area contributed by atoms with Gasteiger partial charge in [-0.2, -0.15) is 8.42 Å². The molecule has 0 N–H and O–H groups in total. The Morgan fingerprint density at radius 1 is 1.44 bits per heavy atom.